The van der Waals surface area contributed by atoms with Crippen LogP contribution in [-0.2, 0) is 5.33 Å². The van der Waals surface area contributed by atoms with E-state index in [0.29, 0.717) is 12.0 Å². The molecule has 1 aromatic carbocycles. The molecule has 2 rings (SSSR count). The normalized spacial score (nSPS) is 20.3. The zero-order valence-corrected chi connectivity index (χ0v) is 12.8. The number of anilines is 1. The van der Waals surface area contributed by atoms with Gasteiger partial charge in [-0.1, -0.05) is 47.4 Å². The highest BCUT2D eigenvalue weighted by atomic mass is 79.9. The molecule has 0 aromatic heterocycles. The van der Waals surface area contributed by atoms with Gasteiger partial charge in [0.05, 0.1) is 0 Å². The molecule has 0 spiro atoms. The van der Waals surface area contributed by atoms with Crippen LogP contribution in [0.25, 0.3) is 0 Å². The Morgan fingerprint density at radius 2 is 2.24 bits per heavy atom. The minimum absolute atomic E-state index is 0.667. The van der Waals surface area contributed by atoms with Gasteiger partial charge in [0.1, 0.15) is 0 Å². The molecule has 0 saturated carbocycles. The standard InChI is InChI=1S/C14H19BrClN/c1-10(2)14-4-3-7-17(14)12-6-5-11(9-15)13(16)8-12/h5-6,8,10,14H,3-4,7,9H2,1-2H3. The monoisotopic (exact) mass is 315 g/mol. The maximum atomic E-state index is 6.28. The fourth-order valence-corrected chi connectivity index (χ4v) is 3.52. The van der Waals surface area contributed by atoms with Gasteiger partial charge >= 0.3 is 0 Å². The molecule has 1 aliphatic rings. The Hall–Kier alpha value is -0.210. The highest BCUT2D eigenvalue weighted by Gasteiger charge is 2.27. The lowest BCUT2D eigenvalue weighted by Gasteiger charge is -2.30. The SMILES string of the molecule is CC(C)C1CCCN1c1ccc(CBr)c(Cl)c1. The van der Waals surface area contributed by atoms with Crippen LogP contribution in [0.3, 0.4) is 0 Å². The largest absolute Gasteiger partial charge is 0.368 e. The summed E-state index contributed by atoms with van der Waals surface area (Å²) < 4.78 is 0. The molecule has 17 heavy (non-hydrogen) atoms. The minimum atomic E-state index is 0.667. The van der Waals surface area contributed by atoms with E-state index >= 15 is 0 Å². The van der Waals surface area contributed by atoms with E-state index in [1.54, 1.807) is 0 Å². The average Bonchev–Trinajstić information content (AvgIpc) is 2.77. The van der Waals surface area contributed by atoms with Crippen LogP contribution in [0.4, 0.5) is 5.69 Å². The summed E-state index contributed by atoms with van der Waals surface area (Å²) >= 11 is 9.73. The lowest BCUT2D eigenvalue weighted by Crippen LogP contribution is -2.33. The van der Waals surface area contributed by atoms with Gasteiger partial charge in [-0.15, -0.1) is 0 Å². The third-order valence-electron chi connectivity index (χ3n) is 3.58. The van der Waals surface area contributed by atoms with Crippen LogP contribution in [0.15, 0.2) is 18.2 Å². The number of rotatable bonds is 3. The fourth-order valence-electron chi connectivity index (χ4n) is 2.63. The summed E-state index contributed by atoms with van der Waals surface area (Å²) in [4.78, 5) is 2.51. The van der Waals surface area contributed by atoms with Gasteiger partial charge in [0.2, 0.25) is 0 Å². The van der Waals surface area contributed by atoms with Crippen LogP contribution < -0.4 is 4.90 Å². The van der Waals surface area contributed by atoms with Gasteiger partial charge in [-0.3, -0.25) is 0 Å². The number of nitrogens with zero attached hydrogens (tertiary/aromatic N) is 1. The Morgan fingerprint density at radius 1 is 1.47 bits per heavy atom. The average molecular weight is 317 g/mol. The second-order valence-electron chi connectivity index (χ2n) is 5.06. The molecule has 1 nitrogen and oxygen atoms in total. The van der Waals surface area contributed by atoms with Crippen molar-refractivity contribution in [1.29, 1.82) is 0 Å². The van der Waals surface area contributed by atoms with E-state index in [2.05, 4.69) is 52.9 Å². The first-order valence-electron chi connectivity index (χ1n) is 6.24. The molecule has 1 saturated heterocycles. The second-order valence-corrected chi connectivity index (χ2v) is 6.02. The van der Waals surface area contributed by atoms with E-state index in [4.69, 9.17) is 11.6 Å². The zero-order chi connectivity index (χ0) is 12.4. The molecule has 94 valence electrons. The maximum Gasteiger partial charge on any atom is 0.0467 e. The zero-order valence-electron chi connectivity index (χ0n) is 10.4. The number of alkyl halides is 1. The predicted molar refractivity (Wildman–Crippen MR) is 79.3 cm³/mol. The molecule has 1 aromatic rings. The maximum absolute atomic E-state index is 6.28. The van der Waals surface area contributed by atoms with Gasteiger partial charge in [0.15, 0.2) is 0 Å². The van der Waals surface area contributed by atoms with Crippen molar-refractivity contribution in [1.82, 2.24) is 0 Å². The van der Waals surface area contributed by atoms with E-state index in [1.807, 2.05) is 0 Å². The lowest BCUT2D eigenvalue weighted by molar-refractivity contribution is 0.492. The van der Waals surface area contributed by atoms with Crippen molar-refractivity contribution >= 4 is 33.2 Å². The molecule has 0 aliphatic carbocycles. The molecule has 3 heteroatoms. The highest BCUT2D eigenvalue weighted by molar-refractivity contribution is 9.08. The number of hydrogen-bond acceptors (Lipinski definition) is 1. The van der Waals surface area contributed by atoms with Gasteiger partial charge in [0, 0.05) is 28.6 Å². The highest BCUT2D eigenvalue weighted by Crippen LogP contribution is 2.32. The first-order valence-corrected chi connectivity index (χ1v) is 7.74. The summed E-state index contributed by atoms with van der Waals surface area (Å²) in [5.74, 6) is 0.701. The third kappa shape index (κ3) is 2.79. The van der Waals surface area contributed by atoms with Crippen molar-refractivity contribution in [2.45, 2.75) is 38.1 Å². The van der Waals surface area contributed by atoms with Crippen LogP contribution in [0.2, 0.25) is 5.02 Å². The first kappa shape index (κ1) is 13.2. The van der Waals surface area contributed by atoms with Crippen LogP contribution in [0.5, 0.6) is 0 Å². The Morgan fingerprint density at radius 3 is 2.82 bits per heavy atom. The van der Waals surface area contributed by atoms with Crippen LogP contribution in [0.1, 0.15) is 32.3 Å². The van der Waals surface area contributed by atoms with Crippen LogP contribution >= 0.6 is 27.5 Å². The summed E-state index contributed by atoms with van der Waals surface area (Å²) in [5.41, 5.74) is 2.44. The number of benzene rings is 1. The molecule has 0 bridgehead atoms. The Kier molecular flexibility index (Phi) is 4.37. The third-order valence-corrected chi connectivity index (χ3v) is 4.54. The Labute approximate surface area is 117 Å². The van der Waals surface area contributed by atoms with Crippen LogP contribution in [-0.4, -0.2) is 12.6 Å². The predicted octanol–water partition coefficient (Wildman–Crippen LogP) is 4.86. The molecule has 1 heterocycles. The topological polar surface area (TPSA) is 3.24 Å². The van der Waals surface area contributed by atoms with Crippen molar-refractivity contribution in [3.63, 3.8) is 0 Å². The molecule has 1 unspecified atom stereocenters. The van der Waals surface area contributed by atoms with Crippen molar-refractivity contribution in [2.75, 3.05) is 11.4 Å². The smallest absolute Gasteiger partial charge is 0.0467 e. The van der Waals surface area contributed by atoms with E-state index in [1.165, 1.54) is 18.5 Å². The summed E-state index contributed by atoms with van der Waals surface area (Å²) in [6, 6.07) is 7.10. The van der Waals surface area contributed by atoms with Gasteiger partial charge in [-0.2, -0.15) is 0 Å². The molecule has 1 fully saturated rings. The molecule has 1 atom stereocenters. The van der Waals surface area contributed by atoms with Crippen molar-refractivity contribution in [3.8, 4) is 0 Å². The summed E-state index contributed by atoms with van der Waals surface area (Å²) in [6.45, 7) is 5.77. The first-order chi connectivity index (χ1) is 8.13. The van der Waals surface area contributed by atoms with E-state index in [-0.39, 0.29) is 0 Å². The minimum Gasteiger partial charge on any atom is -0.368 e. The molecule has 0 N–H and O–H groups in total. The molecule has 0 radical (unpaired) electrons. The summed E-state index contributed by atoms with van der Waals surface area (Å²) in [7, 11) is 0. The molecule has 0 amide bonds. The molecule has 1 aliphatic heterocycles. The molecular weight excluding hydrogens is 298 g/mol. The Balaban J connectivity index is 2.24. The summed E-state index contributed by atoms with van der Waals surface area (Å²) in [6.07, 6.45) is 2.59. The van der Waals surface area contributed by atoms with Crippen LogP contribution in [0, 0.1) is 5.92 Å². The van der Waals surface area contributed by atoms with E-state index in [9.17, 15) is 0 Å². The van der Waals surface area contributed by atoms with Crippen molar-refractivity contribution in [2.24, 2.45) is 5.92 Å². The lowest BCUT2D eigenvalue weighted by atomic mass is 10.0. The van der Waals surface area contributed by atoms with Crippen molar-refractivity contribution < 1.29 is 0 Å². The molecular formula is C14H19BrClN. The summed E-state index contributed by atoms with van der Waals surface area (Å²) in [5, 5.41) is 1.69. The van der Waals surface area contributed by atoms with Gasteiger partial charge in [0.25, 0.3) is 0 Å². The van der Waals surface area contributed by atoms with E-state index in [0.717, 1.165) is 22.5 Å². The number of hydrogen-bond donors (Lipinski definition) is 0. The second kappa shape index (κ2) is 5.62. The number of halogens is 2. The fraction of sp³-hybridized carbons (Fsp3) is 0.571. The van der Waals surface area contributed by atoms with Gasteiger partial charge in [-0.05, 0) is 36.5 Å². The van der Waals surface area contributed by atoms with Gasteiger partial charge in [-0.25, -0.2) is 0 Å². The van der Waals surface area contributed by atoms with Gasteiger partial charge < -0.3 is 4.90 Å². The van der Waals surface area contributed by atoms with Crippen molar-refractivity contribution in [3.05, 3.63) is 28.8 Å². The van der Waals surface area contributed by atoms with E-state index < -0.39 is 0 Å². The Bertz CT molecular complexity index is 392. The quantitative estimate of drug-likeness (QED) is 0.720.